The number of ether oxygens (including phenoxy) is 1. The van der Waals surface area contributed by atoms with Crippen LogP contribution in [0.4, 0.5) is 0 Å². The fourth-order valence-electron chi connectivity index (χ4n) is 2.06. The van der Waals surface area contributed by atoms with Crippen LogP contribution in [0.25, 0.3) is 0 Å². The maximum Gasteiger partial charge on any atom is 0.317 e. The molecule has 1 aliphatic heterocycles. The van der Waals surface area contributed by atoms with E-state index in [-0.39, 0.29) is 5.78 Å². The molecule has 1 saturated heterocycles. The average Bonchev–Trinajstić information content (AvgIpc) is 2.30. The third kappa shape index (κ3) is 4.44. The summed E-state index contributed by atoms with van der Waals surface area (Å²) >= 11 is 0. The van der Waals surface area contributed by atoms with E-state index in [0.29, 0.717) is 13.0 Å². The molecule has 1 heterocycles. The molecule has 0 N–H and O–H groups in total. The van der Waals surface area contributed by atoms with E-state index in [0.717, 1.165) is 26.1 Å². The van der Waals surface area contributed by atoms with Gasteiger partial charge in [-0.2, -0.15) is 0 Å². The quantitative estimate of drug-likeness (QED) is 0.502. The van der Waals surface area contributed by atoms with Crippen LogP contribution in [0.5, 0.6) is 0 Å². The number of ketones is 1. The van der Waals surface area contributed by atoms with Crippen LogP contribution < -0.4 is 0 Å². The lowest BCUT2D eigenvalue weighted by molar-refractivity contribution is -0.151. The van der Waals surface area contributed by atoms with Crippen LogP contribution in [-0.2, 0) is 14.3 Å². The minimum Gasteiger partial charge on any atom is -0.468 e. The minimum atomic E-state index is -0.576. The number of likely N-dealkylation sites (tertiary alicyclic amines) is 1. The van der Waals surface area contributed by atoms with E-state index in [1.165, 1.54) is 7.11 Å². The Morgan fingerprint density at radius 3 is 2.82 bits per heavy atom. The monoisotopic (exact) mass is 242 g/mol. The molecular formula is C12H22N2O3. The Morgan fingerprint density at radius 2 is 2.24 bits per heavy atom. The largest absolute Gasteiger partial charge is 0.468 e. The molecule has 1 unspecified atom stereocenters. The predicted octanol–water partition coefficient (Wildman–Crippen LogP) is 0.00210. The molecule has 0 bridgehead atoms. The molecule has 17 heavy (non-hydrogen) atoms. The van der Waals surface area contributed by atoms with Crippen molar-refractivity contribution >= 4 is 11.8 Å². The molecule has 1 atom stereocenters. The Hall–Kier alpha value is -0.940. The maximum absolute atomic E-state index is 11.6. The molecule has 0 aromatic heterocycles. The second-order valence-corrected chi connectivity index (χ2v) is 4.75. The molecule has 0 aromatic carbocycles. The van der Waals surface area contributed by atoms with Gasteiger partial charge in [-0.1, -0.05) is 0 Å². The Kier molecular flexibility index (Phi) is 5.58. The van der Waals surface area contributed by atoms with Gasteiger partial charge in [0, 0.05) is 19.5 Å². The summed E-state index contributed by atoms with van der Waals surface area (Å²) in [7, 11) is 5.41. The number of rotatable bonds is 5. The second-order valence-electron chi connectivity index (χ2n) is 4.75. The number of Topliss-reactive ketones (excluding diaryl/α,β-unsaturated/α-hetero) is 1. The zero-order valence-electron chi connectivity index (χ0n) is 10.9. The summed E-state index contributed by atoms with van der Waals surface area (Å²) < 4.78 is 4.66. The van der Waals surface area contributed by atoms with Crippen LogP contribution in [0.1, 0.15) is 12.8 Å². The van der Waals surface area contributed by atoms with Gasteiger partial charge in [0.25, 0.3) is 0 Å². The summed E-state index contributed by atoms with van der Waals surface area (Å²) in [4.78, 5) is 27.3. The predicted molar refractivity (Wildman–Crippen MR) is 64.7 cm³/mol. The molecule has 98 valence electrons. The van der Waals surface area contributed by atoms with Gasteiger partial charge < -0.3 is 14.5 Å². The molecule has 0 spiro atoms. The molecule has 5 nitrogen and oxygen atoms in total. The highest BCUT2D eigenvalue weighted by atomic mass is 16.5. The van der Waals surface area contributed by atoms with Crippen LogP contribution in [0.3, 0.4) is 0 Å². The Balaban J connectivity index is 2.39. The zero-order valence-corrected chi connectivity index (χ0v) is 10.9. The third-order valence-electron chi connectivity index (χ3n) is 3.07. The maximum atomic E-state index is 11.6. The average molecular weight is 242 g/mol. The number of carbonyl (C=O) groups excluding carboxylic acids is 2. The topological polar surface area (TPSA) is 49.9 Å². The van der Waals surface area contributed by atoms with Crippen molar-refractivity contribution in [3.63, 3.8) is 0 Å². The van der Waals surface area contributed by atoms with E-state index in [4.69, 9.17) is 0 Å². The van der Waals surface area contributed by atoms with Gasteiger partial charge in [0.2, 0.25) is 0 Å². The number of esters is 1. The van der Waals surface area contributed by atoms with Crippen LogP contribution in [0.15, 0.2) is 0 Å². The van der Waals surface area contributed by atoms with Gasteiger partial charge in [0.05, 0.1) is 7.11 Å². The first kappa shape index (κ1) is 14.1. The van der Waals surface area contributed by atoms with E-state index in [9.17, 15) is 9.59 Å². The van der Waals surface area contributed by atoms with Gasteiger partial charge in [-0.15, -0.1) is 0 Å². The minimum absolute atomic E-state index is 0.0145. The number of piperidine rings is 1. The first-order chi connectivity index (χ1) is 8.04. The Bertz CT molecular complexity index is 271. The SMILES string of the molecule is COC(=O)C1CN(CCCN(C)C)CCC1=O. The molecule has 0 aliphatic carbocycles. The molecule has 1 rings (SSSR count). The van der Waals surface area contributed by atoms with Gasteiger partial charge in [0.1, 0.15) is 11.7 Å². The molecule has 0 radical (unpaired) electrons. The van der Waals surface area contributed by atoms with Crippen molar-refractivity contribution in [1.82, 2.24) is 9.80 Å². The summed E-state index contributed by atoms with van der Waals surface area (Å²) in [6.07, 6.45) is 1.51. The van der Waals surface area contributed by atoms with Crippen molar-refractivity contribution in [2.24, 2.45) is 5.92 Å². The lowest BCUT2D eigenvalue weighted by Crippen LogP contribution is -2.45. The fourth-order valence-corrected chi connectivity index (χ4v) is 2.06. The van der Waals surface area contributed by atoms with Gasteiger partial charge in [-0.25, -0.2) is 0 Å². The smallest absolute Gasteiger partial charge is 0.317 e. The van der Waals surface area contributed by atoms with Crippen LogP contribution >= 0.6 is 0 Å². The van der Waals surface area contributed by atoms with Crippen molar-refractivity contribution in [3.8, 4) is 0 Å². The van der Waals surface area contributed by atoms with Crippen molar-refractivity contribution < 1.29 is 14.3 Å². The number of hydrogen-bond acceptors (Lipinski definition) is 5. The van der Waals surface area contributed by atoms with E-state index < -0.39 is 11.9 Å². The first-order valence-electron chi connectivity index (χ1n) is 6.02. The third-order valence-corrected chi connectivity index (χ3v) is 3.07. The fraction of sp³-hybridized carbons (Fsp3) is 0.833. The molecule has 1 fully saturated rings. The summed E-state index contributed by atoms with van der Waals surface area (Å²) in [6.45, 7) is 3.23. The van der Waals surface area contributed by atoms with Crippen LogP contribution in [0.2, 0.25) is 0 Å². The molecule has 0 amide bonds. The molecule has 5 heteroatoms. The highest BCUT2D eigenvalue weighted by Gasteiger charge is 2.33. The molecular weight excluding hydrogens is 220 g/mol. The van der Waals surface area contributed by atoms with Gasteiger partial charge in [0.15, 0.2) is 0 Å². The summed E-state index contributed by atoms with van der Waals surface area (Å²) in [5.74, 6) is -0.957. The number of methoxy groups -OCH3 is 1. The van der Waals surface area contributed by atoms with Gasteiger partial charge in [-0.05, 0) is 33.6 Å². The number of nitrogens with zero attached hydrogens (tertiary/aromatic N) is 2. The lowest BCUT2D eigenvalue weighted by Gasteiger charge is -2.30. The van der Waals surface area contributed by atoms with Crippen LogP contribution in [0, 0.1) is 5.92 Å². The second kappa shape index (κ2) is 6.71. The standard InChI is InChI=1S/C12H22N2O3/c1-13(2)6-4-7-14-8-5-11(15)10(9-14)12(16)17-3/h10H,4-9H2,1-3H3. The normalized spacial score (nSPS) is 21.9. The molecule has 1 aliphatic rings. The van der Waals surface area contributed by atoms with E-state index in [2.05, 4.69) is 14.5 Å². The summed E-state index contributed by atoms with van der Waals surface area (Å²) in [5.41, 5.74) is 0. The summed E-state index contributed by atoms with van der Waals surface area (Å²) in [5, 5.41) is 0. The van der Waals surface area contributed by atoms with E-state index in [1.54, 1.807) is 0 Å². The van der Waals surface area contributed by atoms with Crippen molar-refractivity contribution in [1.29, 1.82) is 0 Å². The van der Waals surface area contributed by atoms with E-state index in [1.807, 2.05) is 14.1 Å². The Morgan fingerprint density at radius 1 is 1.53 bits per heavy atom. The molecule has 0 aromatic rings. The zero-order chi connectivity index (χ0) is 12.8. The van der Waals surface area contributed by atoms with E-state index >= 15 is 0 Å². The molecule has 0 saturated carbocycles. The van der Waals surface area contributed by atoms with Crippen LogP contribution in [-0.4, -0.2) is 68.9 Å². The lowest BCUT2D eigenvalue weighted by atomic mass is 9.96. The van der Waals surface area contributed by atoms with Gasteiger partial charge >= 0.3 is 5.97 Å². The number of carbonyl (C=O) groups is 2. The first-order valence-corrected chi connectivity index (χ1v) is 6.02. The van der Waals surface area contributed by atoms with Crippen molar-refractivity contribution in [2.75, 3.05) is 47.4 Å². The van der Waals surface area contributed by atoms with Gasteiger partial charge in [-0.3, -0.25) is 9.59 Å². The Labute approximate surface area is 103 Å². The van der Waals surface area contributed by atoms with Crippen molar-refractivity contribution in [2.45, 2.75) is 12.8 Å². The summed E-state index contributed by atoms with van der Waals surface area (Å²) in [6, 6.07) is 0. The van der Waals surface area contributed by atoms with Crippen molar-refractivity contribution in [3.05, 3.63) is 0 Å². The highest BCUT2D eigenvalue weighted by molar-refractivity contribution is 5.99. The highest BCUT2D eigenvalue weighted by Crippen LogP contribution is 2.14. The number of hydrogen-bond donors (Lipinski definition) is 0.